The lowest BCUT2D eigenvalue weighted by molar-refractivity contribution is -0.145. The second-order valence-corrected chi connectivity index (χ2v) is 5.59. The summed E-state index contributed by atoms with van der Waals surface area (Å²) in [6.07, 6.45) is 1.85. The van der Waals surface area contributed by atoms with Gasteiger partial charge in [0.25, 0.3) is 5.56 Å². The number of carbonyl (C=O) groups is 1. The number of nitrogens with zero attached hydrogens (tertiary/aromatic N) is 2. The van der Waals surface area contributed by atoms with Crippen LogP contribution in [0.1, 0.15) is 17.7 Å². The summed E-state index contributed by atoms with van der Waals surface area (Å²) in [5.74, 6) is 0.302. The highest BCUT2D eigenvalue weighted by atomic mass is 16.5. The van der Waals surface area contributed by atoms with E-state index in [1.54, 1.807) is 12.3 Å². The van der Waals surface area contributed by atoms with Gasteiger partial charge in [-0.3, -0.25) is 14.0 Å². The first-order valence-corrected chi connectivity index (χ1v) is 7.94. The van der Waals surface area contributed by atoms with E-state index >= 15 is 0 Å². The van der Waals surface area contributed by atoms with Gasteiger partial charge in [0.1, 0.15) is 18.0 Å². The van der Waals surface area contributed by atoms with Crippen LogP contribution in [0.5, 0.6) is 5.75 Å². The van der Waals surface area contributed by atoms with Crippen molar-refractivity contribution < 1.29 is 14.3 Å². The summed E-state index contributed by atoms with van der Waals surface area (Å²) in [4.78, 5) is 28.2. The molecule has 6 nitrogen and oxygen atoms in total. The van der Waals surface area contributed by atoms with Gasteiger partial charge in [-0.05, 0) is 30.7 Å². The Morgan fingerprint density at radius 3 is 2.76 bits per heavy atom. The Morgan fingerprint density at radius 1 is 1.16 bits per heavy atom. The van der Waals surface area contributed by atoms with E-state index in [4.69, 9.17) is 9.47 Å². The Bertz CT molecular complexity index is 935. The van der Waals surface area contributed by atoms with Gasteiger partial charge in [0.15, 0.2) is 0 Å². The first-order chi connectivity index (χ1) is 12.1. The summed E-state index contributed by atoms with van der Waals surface area (Å²) >= 11 is 0. The minimum atomic E-state index is -0.401. The molecule has 25 heavy (non-hydrogen) atoms. The standard InChI is InChI=1S/C19H18N2O4/c1-14-7-8-17-20-15(11-18(22)21(17)12-14)13-25-19(23)9-10-24-16-5-3-2-4-6-16/h2-8,11-12H,9-10,13H2,1H3. The van der Waals surface area contributed by atoms with Crippen LogP contribution in [-0.4, -0.2) is 22.0 Å². The molecule has 3 aromatic rings. The maximum atomic E-state index is 12.1. The second-order valence-electron chi connectivity index (χ2n) is 5.59. The van der Waals surface area contributed by atoms with Crippen LogP contribution >= 0.6 is 0 Å². The van der Waals surface area contributed by atoms with Crippen molar-refractivity contribution in [2.75, 3.05) is 6.61 Å². The minimum Gasteiger partial charge on any atom is -0.493 e. The number of benzene rings is 1. The van der Waals surface area contributed by atoms with Gasteiger partial charge in [-0.1, -0.05) is 24.3 Å². The number of pyridine rings is 1. The fourth-order valence-electron chi connectivity index (χ4n) is 2.33. The van der Waals surface area contributed by atoms with Crippen LogP contribution in [0.25, 0.3) is 5.65 Å². The number of aromatic nitrogens is 2. The van der Waals surface area contributed by atoms with Crippen LogP contribution in [0.2, 0.25) is 0 Å². The Kier molecular flexibility index (Phi) is 5.09. The predicted octanol–water partition coefficient (Wildman–Crippen LogP) is 2.52. The number of para-hydroxylation sites is 1. The van der Waals surface area contributed by atoms with Gasteiger partial charge in [-0.15, -0.1) is 0 Å². The van der Waals surface area contributed by atoms with Crippen LogP contribution in [0.15, 0.2) is 59.5 Å². The second kappa shape index (κ2) is 7.61. The van der Waals surface area contributed by atoms with Gasteiger partial charge in [0.2, 0.25) is 0 Å². The zero-order valence-corrected chi connectivity index (χ0v) is 13.8. The molecule has 0 fully saturated rings. The maximum absolute atomic E-state index is 12.1. The normalized spacial score (nSPS) is 10.6. The summed E-state index contributed by atoms with van der Waals surface area (Å²) < 4.78 is 12.1. The Labute approximate surface area is 144 Å². The van der Waals surface area contributed by atoms with E-state index in [0.717, 1.165) is 5.56 Å². The van der Waals surface area contributed by atoms with Gasteiger partial charge in [-0.25, -0.2) is 4.98 Å². The van der Waals surface area contributed by atoms with Gasteiger partial charge < -0.3 is 9.47 Å². The quantitative estimate of drug-likeness (QED) is 0.646. The van der Waals surface area contributed by atoms with Crippen molar-refractivity contribution in [1.82, 2.24) is 9.38 Å². The van der Waals surface area contributed by atoms with Crippen molar-refractivity contribution >= 4 is 11.6 Å². The first kappa shape index (κ1) is 16.7. The van der Waals surface area contributed by atoms with Crippen LogP contribution in [0.4, 0.5) is 0 Å². The molecule has 0 unspecified atom stereocenters. The van der Waals surface area contributed by atoms with Crippen molar-refractivity contribution in [3.8, 4) is 5.75 Å². The average Bonchev–Trinajstić information content (AvgIpc) is 2.61. The molecule has 0 atom stereocenters. The first-order valence-electron chi connectivity index (χ1n) is 7.94. The Hall–Kier alpha value is -3.15. The predicted molar refractivity (Wildman–Crippen MR) is 92.5 cm³/mol. The number of fused-ring (bicyclic) bond motifs is 1. The Morgan fingerprint density at radius 2 is 1.96 bits per heavy atom. The summed E-state index contributed by atoms with van der Waals surface area (Å²) in [6, 6.07) is 14.3. The lowest BCUT2D eigenvalue weighted by atomic mass is 10.3. The molecular weight excluding hydrogens is 320 g/mol. The zero-order valence-electron chi connectivity index (χ0n) is 13.8. The number of hydrogen-bond donors (Lipinski definition) is 0. The molecule has 0 bridgehead atoms. The molecule has 0 aliphatic rings. The lowest BCUT2D eigenvalue weighted by Crippen LogP contribution is -2.17. The molecule has 6 heteroatoms. The number of esters is 1. The monoisotopic (exact) mass is 338 g/mol. The van der Waals surface area contributed by atoms with E-state index in [0.29, 0.717) is 17.1 Å². The summed E-state index contributed by atoms with van der Waals surface area (Å²) in [5, 5.41) is 0. The van der Waals surface area contributed by atoms with E-state index in [-0.39, 0.29) is 25.2 Å². The van der Waals surface area contributed by atoms with E-state index in [1.807, 2.05) is 43.3 Å². The van der Waals surface area contributed by atoms with Crippen molar-refractivity contribution in [2.24, 2.45) is 0 Å². The molecular formula is C19H18N2O4. The molecule has 0 saturated heterocycles. The van der Waals surface area contributed by atoms with Crippen LogP contribution in [0.3, 0.4) is 0 Å². The zero-order chi connectivity index (χ0) is 17.6. The van der Waals surface area contributed by atoms with Crippen LogP contribution in [-0.2, 0) is 16.1 Å². The van der Waals surface area contributed by atoms with E-state index in [2.05, 4.69) is 4.98 Å². The van der Waals surface area contributed by atoms with Gasteiger partial charge in [0, 0.05) is 12.3 Å². The molecule has 0 aliphatic heterocycles. The van der Waals surface area contributed by atoms with Gasteiger partial charge >= 0.3 is 5.97 Å². The highest BCUT2D eigenvalue weighted by Gasteiger charge is 2.07. The van der Waals surface area contributed by atoms with Gasteiger partial charge in [0.05, 0.1) is 18.7 Å². The van der Waals surface area contributed by atoms with Crippen molar-refractivity contribution in [2.45, 2.75) is 20.0 Å². The third-order valence-electron chi connectivity index (χ3n) is 3.56. The minimum absolute atomic E-state index is 0.0379. The Balaban J connectivity index is 1.54. The molecule has 0 radical (unpaired) electrons. The van der Waals surface area contributed by atoms with Gasteiger partial charge in [-0.2, -0.15) is 0 Å². The summed E-state index contributed by atoms with van der Waals surface area (Å²) in [7, 11) is 0. The van der Waals surface area contributed by atoms with E-state index in [1.165, 1.54) is 10.5 Å². The smallest absolute Gasteiger partial charge is 0.309 e. The highest BCUT2D eigenvalue weighted by molar-refractivity contribution is 5.69. The molecule has 3 rings (SSSR count). The molecule has 2 heterocycles. The van der Waals surface area contributed by atoms with Crippen LogP contribution in [0, 0.1) is 6.92 Å². The number of hydrogen-bond acceptors (Lipinski definition) is 5. The topological polar surface area (TPSA) is 69.9 Å². The molecule has 0 amide bonds. The third kappa shape index (κ3) is 4.44. The molecule has 128 valence electrons. The van der Waals surface area contributed by atoms with Crippen molar-refractivity contribution in [1.29, 1.82) is 0 Å². The summed E-state index contributed by atoms with van der Waals surface area (Å²) in [5.41, 5.74) is 1.71. The van der Waals surface area contributed by atoms with E-state index < -0.39 is 5.97 Å². The number of carbonyl (C=O) groups excluding carboxylic acids is 1. The van der Waals surface area contributed by atoms with Crippen molar-refractivity contribution in [3.63, 3.8) is 0 Å². The molecule has 1 aromatic carbocycles. The lowest BCUT2D eigenvalue weighted by Gasteiger charge is -2.07. The molecule has 0 aliphatic carbocycles. The number of rotatable bonds is 6. The third-order valence-corrected chi connectivity index (χ3v) is 3.56. The van der Waals surface area contributed by atoms with E-state index in [9.17, 15) is 9.59 Å². The average molecular weight is 338 g/mol. The van der Waals surface area contributed by atoms with Crippen molar-refractivity contribution in [3.05, 3.63) is 76.3 Å². The highest BCUT2D eigenvalue weighted by Crippen LogP contribution is 2.09. The maximum Gasteiger partial charge on any atom is 0.309 e. The fourth-order valence-corrected chi connectivity index (χ4v) is 2.33. The summed E-state index contributed by atoms with van der Waals surface area (Å²) in [6.45, 7) is 2.10. The molecule has 0 spiro atoms. The number of ether oxygens (including phenoxy) is 2. The fraction of sp³-hybridized carbons (Fsp3) is 0.211. The number of aryl methyl sites for hydroxylation is 1. The largest absolute Gasteiger partial charge is 0.493 e. The molecule has 0 saturated carbocycles. The van der Waals surface area contributed by atoms with Crippen LogP contribution < -0.4 is 10.3 Å². The molecule has 0 N–H and O–H groups in total. The SMILES string of the molecule is Cc1ccc2nc(COC(=O)CCOc3ccccc3)cc(=O)n2c1. The molecule has 2 aromatic heterocycles.